The van der Waals surface area contributed by atoms with Crippen LogP contribution in [0.15, 0.2) is 58.5 Å². The number of hydrogen-bond donors (Lipinski definition) is 3. The number of nitrogens with one attached hydrogen (secondary N) is 1. The molecule has 0 radical (unpaired) electrons. The zero-order valence-corrected chi connectivity index (χ0v) is 15.6. The molecule has 138 valence electrons. The number of carbonyl (C=O) groups is 1. The fourth-order valence-corrected chi connectivity index (χ4v) is 2.78. The predicted octanol–water partition coefficient (Wildman–Crippen LogP) is 1.88. The van der Waals surface area contributed by atoms with E-state index in [2.05, 4.69) is 9.82 Å². The molecule has 0 heterocycles. The van der Waals surface area contributed by atoms with Crippen molar-refractivity contribution in [2.75, 3.05) is 13.7 Å². The molecule has 2 aromatic carbocycles. The van der Waals surface area contributed by atoms with Crippen molar-refractivity contribution in [1.29, 1.82) is 0 Å². The number of hydrazone groups is 1. The molecule has 5 N–H and O–H groups in total. The monoisotopic (exact) mass is 373 g/mol. The summed E-state index contributed by atoms with van der Waals surface area (Å²) in [5, 5.41) is 5.51. The number of methoxy groups -OCH3 is 1. The van der Waals surface area contributed by atoms with E-state index in [-0.39, 0.29) is 5.78 Å². The molecule has 0 unspecified atom stereocenters. The Morgan fingerprint density at radius 2 is 1.85 bits per heavy atom. The summed E-state index contributed by atoms with van der Waals surface area (Å²) >= 11 is 1.39. The van der Waals surface area contributed by atoms with Crippen molar-refractivity contribution < 1.29 is 9.53 Å². The lowest BCUT2D eigenvalue weighted by molar-refractivity contribution is -0.115. The highest BCUT2D eigenvalue weighted by Gasteiger charge is 2.04. The van der Waals surface area contributed by atoms with Gasteiger partial charge >= 0.3 is 0 Å². The van der Waals surface area contributed by atoms with Crippen LogP contribution in [-0.2, 0) is 11.3 Å². The average Bonchev–Trinajstić information content (AvgIpc) is 2.62. The van der Waals surface area contributed by atoms with Gasteiger partial charge in [0.2, 0.25) is 0 Å². The Morgan fingerprint density at radius 1 is 1.19 bits per heavy atom. The lowest BCUT2D eigenvalue weighted by Crippen LogP contribution is -2.29. The van der Waals surface area contributed by atoms with Crippen LogP contribution >= 0.6 is 11.9 Å². The molecule has 2 rings (SSSR count). The number of ether oxygens (including phenoxy) is 1. The molecule has 0 spiro atoms. The van der Waals surface area contributed by atoms with E-state index >= 15 is 0 Å². The van der Waals surface area contributed by atoms with Crippen LogP contribution < -0.4 is 21.0 Å². The maximum atomic E-state index is 10.9. The predicted molar refractivity (Wildman–Crippen MR) is 104 cm³/mol. The van der Waals surface area contributed by atoms with Gasteiger partial charge in [0.15, 0.2) is 5.84 Å². The number of carbonyl (C=O) groups excluding carboxylic acids is 1. The van der Waals surface area contributed by atoms with Gasteiger partial charge in [-0.05, 0) is 48.7 Å². The Kier molecular flexibility index (Phi) is 7.46. The highest BCUT2D eigenvalue weighted by molar-refractivity contribution is 7.97. The van der Waals surface area contributed by atoms with Gasteiger partial charge in [-0.3, -0.25) is 9.52 Å². The molecule has 0 saturated heterocycles. The van der Waals surface area contributed by atoms with Crippen molar-refractivity contribution in [3.05, 3.63) is 59.7 Å². The number of nitrogens with two attached hydrogens (primary N) is 2. The fourth-order valence-electron chi connectivity index (χ4n) is 2.06. The minimum Gasteiger partial charge on any atom is -0.497 e. The first-order chi connectivity index (χ1) is 12.5. The third kappa shape index (κ3) is 6.40. The van der Waals surface area contributed by atoms with E-state index in [9.17, 15) is 4.79 Å². The number of ketones is 1. The molecule has 0 aliphatic heterocycles. The second-order valence-corrected chi connectivity index (χ2v) is 6.54. The zero-order valence-electron chi connectivity index (χ0n) is 14.8. The van der Waals surface area contributed by atoms with Gasteiger partial charge < -0.3 is 10.5 Å². The first-order valence-corrected chi connectivity index (χ1v) is 8.78. The Labute approximate surface area is 157 Å². The van der Waals surface area contributed by atoms with Crippen molar-refractivity contribution in [2.24, 2.45) is 16.7 Å². The second kappa shape index (κ2) is 9.81. The number of Topliss-reactive ketones (excluding diaryl/α,β-unsaturated/α-hetero) is 1. The first kappa shape index (κ1) is 19.8. The number of amidine groups is 1. The molecule has 0 bridgehead atoms. The summed E-state index contributed by atoms with van der Waals surface area (Å²) in [6.07, 6.45) is 0. The molecule has 0 saturated carbocycles. The van der Waals surface area contributed by atoms with Gasteiger partial charge in [-0.15, -0.1) is 5.10 Å². The molecular formula is C18H23N5O2S. The fraction of sp³-hybridized carbons (Fsp3) is 0.222. The molecule has 0 fully saturated rings. The second-order valence-electron chi connectivity index (χ2n) is 5.58. The van der Waals surface area contributed by atoms with Crippen molar-refractivity contribution in [3.8, 4) is 5.75 Å². The van der Waals surface area contributed by atoms with E-state index in [1.54, 1.807) is 14.0 Å². The lowest BCUT2D eigenvalue weighted by Gasteiger charge is -2.14. The highest BCUT2D eigenvalue weighted by Crippen LogP contribution is 2.15. The van der Waals surface area contributed by atoms with Crippen molar-refractivity contribution in [2.45, 2.75) is 18.4 Å². The van der Waals surface area contributed by atoms with Crippen LogP contribution in [0.1, 0.15) is 18.1 Å². The summed E-state index contributed by atoms with van der Waals surface area (Å²) in [6, 6.07) is 15.1. The number of benzene rings is 2. The molecular weight excluding hydrogens is 350 g/mol. The summed E-state index contributed by atoms with van der Waals surface area (Å²) in [4.78, 5) is 11.9. The number of rotatable bonds is 9. The molecule has 0 aliphatic carbocycles. The smallest absolute Gasteiger partial charge is 0.152 e. The maximum Gasteiger partial charge on any atom is 0.152 e. The van der Waals surface area contributed by atoms with Gasteiger partial charge in [-0.25, -0.2) is 11.0 Å². The third-order valence-corrected chi connectivity index (χ3v) is 4.20. The van der Waals surface area contributed by atoms with Crippen LogP contribution in [0.5, 0.6) is 5.75 Å². The SMILES string of the molecule is COc1ccc(CN(N)/N=C(\N)c2ccc(SNCC(C)=O)cc2)cc1. The Morgan fingerprint density at radius 3 is 2.42 bits per heavy atom. The van der Waals surface area contributed by atoms with E-state index in [0.29, 0.717) is 18.9 Å². The topological polar surface area (TPSA) is 106 Å². The largest absolute Gasteiger partial charge is 0.497 e. The van der Waals surface area contributed by atoms with Crippen LogP contribution in [0.4, 0.5) is 0 Å². The number of hydrazine groups is 1. The summed E-state index contributed by atoms with van der Waals surface area (Å²) in [5.74, 6) is 7.13. The Balaban J connectivity index is 1.93. The van der Waals surface area contributed by atoms with Crippen LogP contribution in [0.3, 0.4) is 0 Å². The third-order valence-electron chi connectivity index (χ3n) is 3.40. The van der Waals surface area contributed by atoms with Gasteiger partial charge in [-0.2, -0.15) is 0 Å². The molecule has 0 aromatic heterocycles. The summed E-state index contributed by atoms with van der Waals surface area (Å²) in [5.41, 5.74) is 7.79. The van der Waals surface area contributed by atoms with Crippen molar-refractivity contribution >= 4 is 23.6 Å². The van der Waals surface area contributed by atoms with Gasteiger partial charge in [0.25, 0.3) is 0 Å². The van der Waals surface area contributed by atoms with Gasteiger partial charge in [0.1, 0.15) is 11.5 Å². The standard InChI is InChI=1S/C18H23N5O2S/c1-13(24)11-21-26-17-9-5-15(6-10-17)18(19)22-23(20)12-14-3-7-16(25-2)8-4-14/h3-10,21H,11-12,20H2,1-2H3,(H2,19,22). The van der Waals surface area contributed by atoms with Gasteiger partial charge in [0, 0.05) is 10.5 Å². The van der Waals surface area contributed by atoms with E-state index < -0.39 is 0 Å². The molecule has 7 nitrogen and oxygen atoms in total. The molecule has 8 heteroatoms. The van der Waals surface area contributed by atoms with Crippen LogP contribution in [0.25, 0.3) is 0 Å². The maximum absolute atomic E-state index is 10.9. The molecule has 0 atom stereocenters. The minimum absolute atomic E-state index is 0.0883. The van der Waals surface area contributed by atoms with Crippen molar-refractivity contribution in [1.82, 2.24) is 9.84 Å². The summed E-state index contributed by atoms with van der Waals surface area (Å²) in [7, 11) is 1.62. The van der Waals surface area contributed by atoms with E-state index in [0.717, 1.165) is 21.8 Å². The average molecular weight is 373 g/mol. The zero-order chi connectivity index (χ0) is 18.9. The quantitative estimate of drug-likeness (QED) is 0.203. The van der Waals surface area contributed by atoms with Crippen molar-refractivity contribution in [3.63, 3.8) is 0 Å². The number of nitrogens with zero attached hydrogens (tertiary/aromatic N) is 2. The number of hydrogen-bond acceptors (Lipinski definition) is 7. The first-order valence-electron chi connectivity index (χ1n) is 7.96. The van der Waals surface area contributed by atoms with Crippen LogP contribution in [0.2, 0.25) is 0 Å². The summed E-state index contributed by atoms with van der Waals surface area (Å²) < 4.78 is 8.11. The Hall–Kier alpha value is -2.55. The van der Waals surface area contributed by atoms with E-state index in [4.69, 9.17) is 16.3 Å². The van der Waals surface area contributed by atoms with Gasteiger partial charge in [-0.1, -0.05) is 24.3 Å². The summed E-state index contributed by atoms with van der Waals surface area (Å²) in [6.45, 7) is 2.29. The molecule has 26 heavy (non-hydrogen) atoms. The van der Waals surface area contributed by atoms with Gasteiger partial charge in [0.05, 0.1) is 20.2 Å². The minimum atomic E-state index is 0.0883. The normalized spacial score (nSPS) is 11.3. The highest BCUT2D eigenvalue weighted by atomic mass is 32.2. The van der Waals surface area contributed by atoms with E-state index in [1.165, 1.54) is 17.1 Å². The van der Waals surface area contributed by atoms with E-state index in [1.807, 2.05) is 48.5 Å². The van der Waals surface area contributed by atoms with Crippen LogP contribution in [0, 0.1) is 0 Å². The molecule has 0 amide bonds. The van der Waals surface area contributed by atoms with Crippen LogP contribution in [-0.4, -0.2) is 30.4 Å². The molecule has 2 aromatic rings. The molecule has 0 aliphatic rings. The lowest BCUT2D eigenvalue weighted by atomic mass is 10.2. The Bertz CT molecular complexity index is 747.